The number of carboxylic acid groups (broad SMARTS) is 1. The van der Waals surface area contributed by atoms with Gasteiger partial charge in [0.05, 0.1) is 25.7 Å². The highest BCUT2D eigenvalue weighted by Crippen LogP contribution is 2.27. The Labute approximate surface area is 129 Å². The van der Waals surface area contributed by atoms with Gasteiger partial charge in [-0.1, -0.05) is 13.8 Å². The van der Waals surface area contributed by atoms with E-state index in [1.54, 1.807) is 13.8 Å². The summed E-state index contributed by atoms with van der Waals surface area (Å²) in [5, 5.41) is 18.5. The van der Waals surface area contributed by atoms with Crippen LogP contribution in [0.2, 0.25) is 0 Å². The van der Waals surface area contributed by atoms with Gasteiger partial charge in [-0.05, 0) is 12.3 Å². The molecule has 0 saturated carbocycles. The lowest BCUT2D eigenvalue weighted by molar-refractivity contribution is -0.155. The van der Waals surface area contributed by atoms with Crippen LogP contribution in [0.3, 0.4) is 0 Å². The first-order valence-electron chi connectivity index (χ1n) is 7.21. The van der Waals surface area contributed by atoms with E-state index in [4.69, 9.17) is 9.84 Å². The van der Waals surface area contributed by atoms with Crippen molar-refractivity contribution in [3.8, 4) is 0 Å². The van der Waals surface area contributed by atoms with E-state index in [2.05, 4.69) is 0 Å². The number of aliphatic hydroxyl groups excluding tert-OH is 1. The lowest BCUT2D eigenvalue weighted by atomic mass is 9.96. The molecule has 2 amide bonds. The Morgan fingerprint density at radius 2 is 1.95 bits per heavy atom. The van der Waals surface area contributed by atoms with Gasteiger partial charge in [-0.15, -0.1) is 0 Å². The zero-order valence-electron chi connectivity index (χ0n) is 13.4. The average molecular weight is 316 g/mol. The molecule has 1 aliphatic rings. The minimum atomic E-state index is -1.16. The number of likely N-dealkylation sites (tertiary alicyclic amines) is 1. The predicted molar refractivity (Wildman–Crippen MR) is 77.1 cm³/mol. The number of esters is 1. The van der Waals surface area contributed by atoms with Gasteiger partial charge in [0.25, 0.3) is 0 Å². The summed E-state index contributed by atoms with van der Waals surface area (Å²) in [7, 11) is 2.76. The van der Waals surface area contributed by atoms with Crippen molar-refractivity contribution in [3.63, 3.8) is 0 Å². The Morgan fingerprint density at radius 3 is 2.36 bits per heavy atom. The second kappa shape index (κ2) is 7.44. The molecular weight excluding hydrogens is 292 g/mol. The predicted octanol–water partition coefficient (Wildman–Crippen LogP) is 0.00320. The minimum Gasteiger partial charge on any atom is -0.467 e. The molecule has 1 fully saturated rings. The van der Waals surface area contributed by atoms with Crippen LogP contribution >= 0.6 is 0 Å². The van der Waals surface area contributed by atoms with Gasteiger partial charge in [-0.3, -0.25) is 4.79 Å². The van der Waals surface area contributed by atoms with Crippen LogP contribution in [0.4, 0.5) is 4.79 Å². The van der Waals surface area contributed by atoms with Crippen LogP contribution in [0.25, 0.3) is 0 Å². The van der Waals surface area contributed by atoms with Crippen molar-refractivity contribution in [1.29, 1.82) is 0 Å². The zero-order valence-corrected chi connectivity index (χ0v) is 13.4. The molecule has 0 radical (unpaired) electrons. The normalized spacial score (nSPS) is 22.5. The van der Waals surface area contributed by atoms with Gasteiger partial charge in [-0.25, -0.2) is 9.59 Å². The van der Waals surface area contributed by atoms with Crippen molar-refractivity contribution >= 4 is 18.0 Å². The molecule has 0 aliphatic carbocycles. The number of carbonyl (C=O) groups excluding carboxylic acids is 2. The molecule has 22 heavy (non-hydrogen) atoms. The number of hydrogen-bond donors (Lipinski definition) is 2. The summed E-state index contributed by atoms with van der Waals surface area (Å²) in [5.41, 5.74) is 0. The molecular formula is C14H24N2O6. The lowest BCUT2D eigenvalue weighted by Gasteiger charge is -2.32. The number of nitrogens with zero attached hydrogens (tertiary/aromatic N) is 2. The fourth-order valence-electron chi connectivity index (χ4n) is 3.00. The number of rotatable bonds is 5. The maximum absolute atomic E-state index is 12.6. The number of aliphatic hydroxyl groups is 1. The van der Waals surface area contributed by atoms with E-state index in [0.29, 0.717) is 6.42 Å². The zero-order chi connectivity index (χ0) is 17.0. The van der Waals surface area contributed by atoms with Crippen LogP contribution in [-0.2, 0) is 14.3 Å². The quantitative estimate of drug-likeness (QED) is 0.692. The molecule has 3 atom stereocenters. The van der Waals surface area contributed by atoms with E-state index >= 15 is 0 Å². The molecule has 126 valence electrons. The number of amides is 2. The van der Waals surface area contributed by atoms with Crippen molar-refractivity contribution in [2.75, 3.05) is 27.3 Å². The van der Waals surface area contributed by atoms with Crippen molar-refractivity contribution < 1.29 is 29.3 Å². The monoisotopic (exact) mass is 316 g/mol. The molecule has 8 nitrogen and oxygen atoms in total. The summed E-state index contributed by atoms with van der Waals surface area (Å²) in [6.45, 7) is 3.36. The number of hydrogen-bond acceptors (Lipinski definition) is 5. The Bertz CT molecular complexity index is 439. The molecule has 0 bridgehead atoms. The van der Waals surface area contributed by atoms with Crippen LogP contribution in [0.1, 0.15) is 20.3 Å². The first-order chi connectivity index (χ1) is 10.3. The molecule has 0 spiro atoms. The van der Waals surface area contributed by atoms with Gasteiger partial charge in [0.15, 0.2) is 0 Å². The molecule has 0 aromatic heterocycles. The highest BCUT2D eigenvalue weighted by molar-refractivity contribution is 5.87. The second-order valence-corrected chi connectivity index (χ2v) is 5.78. The topological polar surface area (TPSA) is 107 Å². The third-order valence-electron chi connectivity index (χ3n) is 4.13. The average Bonchev–Trinajstić information content (AvgIpc) is 2.89. The van der Waals surface area contributed by atoms with E-state index in [1.807, 2.05) is 0 Å². The van der Waals surface area contributed by atoms with Crippen molar-refractivity contribution in [2.45, 2.75) is 32.4 Å². The maximum atomic E-state index is 12.6. The van der Waals surface area contributed by atoms with Crippen LogP contribution in [-0.4, -0.2) is 77.4 Å². The van der Waals surface area contributed by atoms with Gasteiger partial charge >= 0.3 is 12.1 Å². The summed E-state index contributed by atoms with van der Waals surface area (Å²) in [5.74, 6) is -1.67. The van der Waals surface area contributed by atoms with Gasteiger partial charge in [0, 0.05) is 13.6 Å². The van der Waals surface area contributed by atoms with Crippen LogP contribution in [0.15, 0.2) is 0 Å². The summed E-state index contributed by atoms with van der Waals surface area (Å²) < 4.78 is 4.73. The SMILES string of the molecule is COC(=O)[C@H](C(C)C)N(C)C(=O)[C@H]1CCN(C(=O)O)[C@@H]1CO. The largest absolute Gasteiger partial charge is 0.467 e. The van der Waals surface area contributed by atoms with Crippen molar-refractivity contribution in [3.05, 3.63) is 0 Å². The highest BCUT2D eigenvalue weighted by atomic mass is 16.5. The van der Waals surface area contributed by atoms with Gasteiger partial charge < -0.3 is 24.7 Å². The summed E-state index contributed by atoms with van der Waals surface area (Å²) in [6.07, 6.45) is -0.836. The smallest absolute Gasteiger partial charge is 0.407 e. The third-order valence-corrected chi connectivity index (χ3v) is 4.13. The van der Waals surface area contributed by atoms with E-state index in [0.717, 1.165) is 4.90 Å². The Morgan fingerprint density at radius 1 is 1.36 bits per heavy atom. The molecule has 1 heterocycles. The number of likely N-dealkylation sites (N-methyl/N-ethyl adjacent to an activating group) is 1. The van der Waals surface area contributed by atoms with Gasteiger partial charge in [0.1, 0.15) is 6.04 Å². The van der Waals surface area contributed by atoms with Crippen LogP contribution in [0.5, 0.6) is 0 Å². The number of ether oxygens (including phenoxy) is 1. The molecule has 0 unspecified atom stereocenters. The van der Waals surface area contributed by atoms with Crippen molar-refractivity contribution in [1.82, 2.24) is 9.80 Å². The van der Waals surface area contributed by atoms with Crippen LogP contribution in [0, 0.1) is 11.8 Å². The molecule has 8 heteroatoms. The highest BCUT2D eigenvalue weighted by Gasteiger charge is 2.44. The van der Waals surface area contributed by atoms with Crippen molar-refractivity contribution in [2.24, 2.45) is 11.8 Å². The molecule has 0 aromatic carbocycles. The van der Waals surface area contributed by atoms with E-state index in [9.17, 15) is 19.5 Å². The standard InChI is InChI=1S/C14H24N2O6/c1-8(2)11(13(19)22-4)15(3)12(18)9-5-6-16(14(20)21)10(9)7-17/h8-11,17H,5-7H2,1-4H3,(H,20,21)/t9-,10+,11-/m0/s1. The van der Waals surface area contributed by atoms with E-state index in [1.165, 1.54) is 19.1 Å². The Hall–Kier alpha value is -1.83. The fraction of sp³-hybridized carbons (Fsp3) is 0.786. The summed E-state index contributed by atoms with van der Waals surface area (Å²) in [6, 6.07) is -1.52. The third kappa shape index (κ3) is 3.49. The number of methoxy groups -OCH3 is 1. The second-order valence-electron chi connectivity index (χ2n) is 5.78. The fourth-order valence-corrected chi connectivity index (χ4v) is 3.00. The van der Waals surface area contributed by atoms with Crippen LogP contribution < -0.4 is 0 Å². The Kier molecular flexibility index (Phi) is 6.16. The molecule has 1 aliphatic heterocycles. The molecule has 1 rings (SSSR count). The lowest BCUT2D eigenvalue weighted by Crippen LogP contribution is -2.51. The first-order valence-corrected chi connectivity index (χ1v) is 7.21. The molecule has 1 saturated heterocycles. The molecule has 0 aromatic rings. The maximum Gasteiger partial charge on any atom is 0.407 e. The summed E-state index contributed by atoms with van der Waals surface area (Å²) >= 11 is 0. The van der Waals surface area contributed by atoms with Gasteiger partial charge in [-0.2, -0.15) is 0 Å². The minimum absolute atomic E-state index is 0.147. The molecule has 2 N–H and O–H groups in total. The van der Waals surface area contributed by atoms with E-state index in [-0.39, 0.29) is 18.4 Å². The number of carbonyl (C=O) groups is 3. The van der Waals surface area contributed by atoms with E-state index < -0.39 is 36.7 Å². The Balaban J connectivity index is 2.94. The first kappa shape index (κ1) is 18.2. The summed E-state index contributed by atoms with van der Waals surface area (Å²) in [4.78, 5) is 38.0. The van der Waals surface area contributed by atoms with Gasteiger partial charge in [0.2, 0.25) is 5.91 Å².